The average Bonchev–Trinajstić information content (AvgIpc) is 2.95. The number of anilines is 1. The fourth-order valence-corrected chi connectivity index (χ4v) is 2.80. The summed E-state index contributed by atoms with van der Waals surface area (Å²) in [4.78, 5) is 19.8. The number of fused-ring (bicyclic) bond motifs is 1. The molecule has 0 fully saturated rings. The Morgan fingerprint density at radius 1 is 0.968 bits per heavy atom. The number of carbonyl (C=O) groups excluding carboxylic acids is 1. The molecule has 6 nitrogen and oxygen atoms in total. The van der Waals surface area contributed by atoms with Gasteiger partial charge in [0, 0.05) is 0 Å². The molecule has 0 saturated carbocycles. The number of nitrogens with zero attached hydrogens (tertiary/aromatic N) is 3. The molecule has 12 heteroatoms. The van der Waals surface area contributed by atoms with Crippen LogP contribution in [-0.4, -0.2) is 31.1 Å². The van der Waals surface area contributed by atoms with Crippen LogP contribution in [0.2, 0.25) is 0 Å². The molecule has 166 valence electrons. The van der Waals surface area contributed by atoms with E-state index in [1.54, 1.807) is 0 Å². The molecule has 0 saturated heterocycles. The van der Waals surface area contributed by atoms with Gasteiger partial charge in [0.15, 0.2) is 5.65 Å². The van der Waals surface area contributed by atoms with Crippen LogP contribution in [0.5, 0.6) is 0 Å². The van der Waals surface area contributed by atoms with E-state index in [0.717, 1.165) is 34.9 Å². The number of nitrogens with one attached hydrogen (secondary N) is 1. The van der Waals surface area contributed by atoms with Crippen LogP contribution in [0.15, 0.2) is 36.4 Å². The first-order chi connectivity index (χ1) is 14.1. The summed E-state index contributed by atoms with van der Waals surface area (Å²) < 4.78 is 79.0. The van der Waals surface area contributed by atoms with E-state index >= 15 is 0 Å². The molecule has 2 N–H and O–H groups in total. The predicted molar refractivity (Wildman–Crippen MR) is 98.4 cm³/mol. The Morgan fingerprint density at radius 2 is 1.58 bits per heavy atom. The van der Waals surface area contributed by atoms with Crippen LogP contribution in [0.1, 0.15) is 31.5 Å². The maximum absolute atomic E-state index is 13.1. The lowest BCUT2D eigenvalue weighted by Gasteiger charge is -2.17. The predicted octanol–water partition coefficient (Wildman–Crippen LogP) is 4.56. The zero-order valence-corrected chi connectivity index (χ0v) is 16.1. The fraction of sp³-hybridized carbons (Fsp3) is 0.316. The van der Waals surface area contributed by atoms with Crippen molar-refractivity contribution < 1.29 is 36.2 Å². The van der Waals surface area contributed by atoms with Crippen LogP contribution in [0.25, 0.3) is 16.9 Å². The Hall–Kier alpha value is -3.15. The number of pyridine rings is 1. The fourth-order valence-electron chi connectivity index (χ4n) is 2.80. The van der Waals surface area contributed by atoms with Crippen molar-refractivity contribution in [2.75, 3.05) is 5.32 Å². The van der Waals surface area contributed by atoms with Gasteiger partial charge in [-0.25, -0.2) is 9.97 Å². The van der Waals surface area contributed by atoms with Gasteiger partial charge in [-0.15, -0.1) is 0 Å². The number of alkyl halides is 6. The summed E-state index contributed by atoms with van der Waals surface area (Å²) in [7, 11) is 0. The molecule has 3 rings (SSSR count). The third-order valence-corrected chi connectivity index (χ3v) is 4.09. The highest BCUT2D eigenvalue weighted by atomic mass is 19.4. The van der Waals surface area contributed by atoms with Crippen molar-refractivity contribution >= 4 is 23.0 Å². The summed E-state index contributed by atoms with van der Waals surface area (Å²) in [6.45, 7) is 2.76. The standard InChI is InChI=1S/C19H16F6N4O2/c1-17(2,31)9-14(30)28-16-26-12-7-8-13(19(23,24)25)27-15(12)29(16)11-5-3-10(4-6-11)18(20,21)22/h3-8,31H,9H2,1-2H3,(H,26,28,30). The van der Waals surface area contributed by atoms with Gasteiger partial charge >= 0.3 is 12.4 Å². The van der Waals surface area contributed by atoms with Gasteiger partial charge in [-0.2, -0.15) is 26.3 Å². The van der Waals surface area contributed by atoms with E-state index in [-0.39, 0.29) is 29.2 Å². The SMILES string of the molecule is CC(C)(O)CC(=O)Nc1nc2ccc(C(F)(F)F)nc2n1-c1ccc(C(F)(F)F)cc1. The number of amides is 1. The Kier molecular flexibility index (Phi) is 5.47. The van der Waals surface area contributed by atoms with Gasteiger partial charge in [0.2, 0.25) is 11.9 Å². The Bertz CT molecular complexity index is 1110. The maximum atomic E-state index is 13.1. The molecule has 0 radical (unpaired) electrons. The topological polar surface area (TPSA) is 80.0 Å². The molecule has 0 bridgehead atoms. The molecule has 31 heavy (non-hydrogen) atoms. The van der Waals surface area contributed by atoms with E-state index in [1.165, 1.54) is 13.8 Å². The van der Waals surface area contributed by atoms with E-state index in [1.807, 2.05) is 0 Å². The Labute approximate surface area is 171 Å². The Morgan fingerprint density at radius 3 is 2.10 bits per heavy atom. The van der Waals surface area contributed by atoms with E-state index in [2.05, 4.69) is 15.3 Å². The van der Waals surface area contributed by atoms with E-state index < -0.39 is 35.1 Å². The molecule has 0 spiro atoms. The molecule has 3 aromatic rings. The quantitative estimate of drug-likeness (QED) is 0.576. The van der Waals surface area contributed by atoms with Gasteiger partial charge in [0.05, 0.1) is 23.3 Å². The summed E-state index contributed by atoms with van der Waals surface area (Å²) in [5.74, 6) is -0.956. The van der Waals surface area contributed by atoms with Crippen molar-refractivity contribution in [3.8, 4) is 5.69 Å². The largest absolute Gasteiger partial charge is 0.433 e. The van der Waals surface area contributed by atoms with Gasteiger partial charge in [0.1, 0.15) is 11.2 Å². The molecule has 2 aromatic heterocycles. The van der Waals surface area contributed by atoms with Crippen LogP contribution in [-0.2, 0) is 17.1 Å². The normalized spacial score (nSPS) is 12.9. The van der Waals surface area contributed by atoms with Gasteiger partial charge in [-0.1, -0.05) is 0 Å². The van der Waals surface area contributed by atoms with Crippen molar-refractivity contribution in [2.24, 2.45) is 0 Å². The number of hydrogen-bond donors (Lipinski definition) is 2. The van der Waals surface area contributed by atoms with E-state index in [0.29, 0.717) is 6.07 Å². The highest BCUT2D eigenvalue weighted by Gasteiger charge is 2.34. The summed E-state index contributed by atoms with van der Waals surface area (Å²) in [6, 6.07) is 5.29. The van der Waals surface area contributed by atoms with Gasteiger partial charge in [-0.05, 0) is 50.2 Å². The Balaban J connectivity index is 2.15. The number of rotatable bonds is 4. The van der Waals surface area contributed by atoms with Gasteiger partial charge in [0.25, 0.3) is 0 Å². The van der Waals surface area contributed by atoms with Crippen LogP contribution in [0.4, 0.5) is 32.3 Å². The third kappa shape index (κ3) is 5.13. The summed E-state index contributed by atoms with van der Waals surface area (Å²) in [6.07, 6.45) is -9.74. The molecule has 0 unspecified atom stereocenters. The van der Waals surface area contributed by atoms with Crippen LogP contribution < -0.4 is 5.32 Å². The van der Waals surface area contributed by atoms with Crippen molar-refractivity contribution in [1.82, 2.24) is 14.5 Å². The average molecular weight is 446 g/mol. The van der Waals surface area contributed by atoms with Gasteiger partial charge < -0.3 is 5.11 Å². The molecule has 1 amide bonds. The molecule has 0 atom stereocenters. The number of halogens is 6. The highest BCUT2D eigenvalue weighted by molar-refractivity contribution is 5.92. The minimum absolute atomic E-state index is 0.000818. The van der Waals surface area contributed by atoms with Crippen molar-refractivity contribution in [3.05, 3.63) is 47.7 Å². The highest BCUT2D eigenvalue weighted by Crippen LogP contribution is 2.33. The molecule has 2 heterocycles. The number of aromatic nitrogens is 3. The third-order valence-electron chi connectivity index (χ3n) is 4.09. The minimum atomic E-state index is -4.77. The molecule has 0 aliphatic rings. The first-order valence-electron chi connectivity index (χ1n) is 8.82. The lowest BCUT2D eigenvalue weighted by molar-refractivity contribution is -0.141. The van der Waals surface area contributed by atoms with Crippen molar-refractivity contribution in [2.45, 2.75) is 38.2 Å². The smallest absolute Gasteiger partial charge is 0.390 e. The number of carbonyl (C=O) groups is 1. The van der Waals surface area contributed by atoms with E-state index in [9.17, 15) is 36.2 Å². The first-order valence-corrected chi connectivity index (χ1v) is 8.82. The minimum Gasteiger partial charge on any atom is -0.390 e. The zero-order valence-electron chi connectivity index (χ0n) is 16.1. The summed E-state index contributed by atoms with van der Waals surface area (Å²) in [5, 5.41) is 12.2. The molecular formula is C19H16F6N4O2. The lowest BCUT2D eigenvalue weighted by atomic mass is 10.1. The van der Waals surface area contributed by atoms with Crippen LogP contribution in [0, 0.1) is 0 Å². The molecule has 0 aliphatic heterocycles. The number of aliphatic hydroxyl groups is 1. The van der Waals surface area contributed by atoms with Crippen LogP contribution in [0.3, 0.4) is 0 Å². The van der Waals surface area contributed by atoms with Crippen molar-refractivity contribution in [3.63, 3.8) is 0 Å². The zero-order chi connectivity index (χ0) is 23.2. The van der Waals surface area contributed by atoms with Gasteiger partial charge in [-0.3, -0.25) is 14.7 Å². The number of imidazole rings is 1. The van der Waals surface area contributed by atoms with Crippen LogP contribution >= 0.6 is 0 Å². The lowest BCUT2D eigenvalue weighted by Crippen LogP contribution is -2.28. The second-order valence-electron chi connectivity index (χ2n) is 7.39. The number of benzene rings is 1. The molecule has 1 aromatic carbocycles. The second-order valence-corrected chi connectivity index (χ2v) is 7.39. The summed E-state index contributed by atoms with van der Waals surface area (Å²) in [5.41, 5.74) is -3.91. The first kappa shape index (κ1) is 22.5. The van der Waals surface area contributed by atoms with Crippen molar-refractivity contribution in [1.29, 1.82) is 0 Å². The maximum Gasteiger partial charge on any atom is 0.433 e. The second kappa shape index (κ2) is 7.52. The summed E-state index contributed by atoms with van der Waals surface area (Å²) >= 11 is 0. The molecular weight excluding hydrogens is 430 g/mol. The monoisotopic (exact) mass is 446 g/mol. The number of hydrogen-bond acceptors (Lipinski definition) is 4. The molecule has 0 aliphatic carbocycles. The van der Waals surface area contributed by atoms with E-state index in [4.69, 9.17) is 0 Å².